The highest BCUT2D eigenvalue weighted by molar-refractivity contribution is 5.72. The van der Waals surface area contributed by atoms with Crippen LogP contribution < -0.4 is 5.32 Å². The number of carbonyl (C=O) groups excluding carboxylic acids is 1. The fourth-order valence-corrected chi connectivity index (χ4v) is 2.62. The van der Waals surface area contributed by atoms with Crippen molar-refractivity contribution < 1.29 is 14.3 Å². The number of hydrogen-bond donors (Lipinski definition) is 1. The van der Waals surface area contributed by atoms with Crippen LogP contribution in [0, 0.1) is 11.8 Å². The van der Waals surface area contributed by atoms with Gasteiger partial charge in [0.2, 0.25) is 0 Å². The predicted molar refractivity (Wildman–Crippen MR) is 64.7 cm³/mol. The first-order valence-corrected chi connectivity index (χ1v) is 6.70. The lowest BCUT2D eigenvalue weighted by Crippen LogP contribution is -2.43. The molecule has 1 unspecified atom stereocenters. The zero-order valence-electron chi connectivity index (χ0n) is 10.6. The van der Waals surface area contributed by atoms with Crippen molar-refractivity contribution in [2.24, 2.45) is 11.8 Å². The number of ether oxygens (including phenoxy) is 2. The van der Waals surface area contributed by atoms with Crippen molar-refractivity contribution in [1.29, 1.82) is 0 Å². The average Bonchev–Trinajstić information content (AvgIpc) is 2.32. The molecule has 1 saturated carbocycles. The fraction of sp³-hybridized carbons (Fsp3) is 0.923. The van der Waals surface area contributed by atoms with Crippen LogP contribution in [-0.2, 0) is 14.3 Å². The molecule has 1 saturated heterocycles. The average molecular weight is 241 g/mol. The van der Waals surface area contributed by atoms with Gasteiger partial charge in [0.1, 0.15) is 0 Å². The molecular weight excluding hydrogens is 218 g/mol. The minimum Gasteiger partial charge on any atom is -0.469 e. The summed E-state index contributed by atoms with van der Waals surface area (Å²) >= 11 is 0. The lowest BCUT2D eigenvalue weighted by Gasteiger charge is -2.32. The molecule has 0 aromatic carbocycles. The van der Waals surface area contributed by atoms with Crippen LogP contribution in [0.1, 0.15) is 32.1 Å². The summed E-state index contributed by atoms with van der Waals surface area (Å²) in [5.41, 5.74) is 0. The summed E-state index contributed by atoms with van der Waals surface area (Å²) < 4.78 is 10.3. The summed E-state index contributed by atoms with van der Waals surface area (Å²) in [5.74, 6) is 0.358. The van der Waals surface area contributed by atoms with Crippen LogP contribution in [0.5, 0.6) is 0 Å². The van der Waals surface area contributed by atoms with Crippen molar-refractivity contribution in [3.8, 4) is 0 Å². The molecule has 0 aromatic heterocycles. The first kappa shape index (κ1) is 12.8. The first-order valence-electron chi connectivity index (χ1n) is 6.70. The summed E-state index contributed by atoms with van der Waals surface area (Å²) in [6.45, 7) is 2.32. The van der Waals surface area contributed by atoms with E-state index in [-0.39, 0.29) is 11.9 Å². The summed E-state index contributed by atoms with van der Waals surface area (Å²) in [4.78, 5) is 11.8. The van der Waals surface area contributed by atoms with Crippen LogP contribution in [0.2, 0.25) is 0 Å². The second kappa shape index (κ2) is 6.36. The summed E-state index contributed by atoms with van der Waals surface area (Å²) in [6.07, 6.45) is 5.78. The van der Waals surface area contributed by atoms with E-state index in [1.807, 2.05) is 0 Å². The van der Waals surface area contributed by atoms with E-state index in [1.54, 1.807) is 0 Å². The summed E-state index contributed by atoms with van der Waals surface area (Å²) in [7, 11) is 1.48. The highest BCUT2D eigenvalue weighted by Gasteiger charge is 2.31. The molecule has 0 radical (unpaired) electrons. The van der Waals surface area contributed by atoms with Gasteiger partial charge in [-0.25, -0.2) is 0 Å². The molecule has 1 N–H and O–H groups in total. The van der Waals surface area contributed by atoms with Crippen molar-refractivity contribution in [2.45, 2.75) is 38.1 Å². The Hall–Kier alpha value is -0.610. The quantitative estimate of drug-likeness (QED) is 0.738. The van der Waals surface area contributed by atoms with Crippen molar-refractivity contribution in [1.82, 2.24) is 5.32 Å². The highest BCUT2D eigenvalue weighted by atomic mass is 16.5. The molecule has 1 aliphatic heterocycles. The van der Waals surface area contributed by atoms with Crippen LogP contribution in [0.4, 0.5) is 0 Å². The van der Waals surface area contributed by atoms with E-state index in [9.17, 15) is 4.79 Å². The number of nitrogens with one attached hydrogen (secondary N) is 1. The van der Waals surface area contributed by atoms with Gasteiger partial charge in [-0.3, -0.25) is 4.79 Å². The molecule has 98 valence electrons. The number of methoxy groups -OCH3 is 1. The number of hydrogen-bond acceptors (Lipinski definition) is 4. The second-order valence-electron chi connectivity index (χ2n) is 5.12. The molecule has 1 heterocycles. The van der Waals surface area contributed by atoms with Crippen molar-refractivity contribution >= 4 is 5.97 Å². The van der Waals surface area contributed by atoms with Gasteiger partial charge in [0.15, 0.2) is 0 Å². The van der Waals surface area contributed by atoms with Gasteiger partial charge in [-0.2, -0.15) is 0 Å². The standard InChI is InChI=1S/C13H23NO3/c1-16-13(15)12(9-14-11-3-2-4-11)10-5-7-17-8-6-10/h10-12,14H,2-9H2,1H3. The minimum atomic E-state index is -0.0660. The monoisotopic (exact) mass is 241 g/mol. The molecule has 0 aromatic rings. The van der Waals surface area contributed by atoms with E-state index >= 15 is 0 Å². The lowest BCUT2D eigenvalue weighted by atomic mass is 9.85. The Labute approximate surface area is 103 Å². The third kappa shape index (κ3) is 3.42. The number of carbonyl (C=O) groups is 1. The molecular formula is C13H23NO3. The SMILES string of the molecule is COC(=O)C(CNC1CCC1)C1CCOCC1. The number of esters is 1. The van der Waals surface area contributed by atoms with E-state index in [1.165, 1.54) is 26.4 Å². The molecule has 17 heavy (non-hydrogen) atoms. The van der Waals surface area contributed by atoms with Gasteiger partial charge < -0.3 is 14.8 Å². The van der Waals surface area contributed by atoms with Crippen LogP contribution in [0.15, 0.2) is 0 Å². The zero-order valence-corrected chi connectivity index (χ0v) is 10.6. The van der Waals surface area contributed by atoms with Crippen molar-refractivity contribution in [3.05, 3.63) is 0 Å². The van der Waals surface area contributed by atoms with Crippen LogP contribution in [-0.4, -0.2) is 38.9 Å². The zero-order chi connectivity index (χ0) is 12.1. The third-order valence-electron chi connectivity index (χ3n) is 4.07. The maximum Gasteiger partial charge on any atom is 0.310 e. The molecule has 2 fully saturated rings. The van der Waals surface area contributed by atoms with Crippen molar-refractivity contribution in [2.75, 3.05) is 26.9 Å². The minimum absolute atomic E-state index is 0.00417. The van der Waals surface area contributed by atoms with Gasteiger partial charge in [0.05, 0.1) is 13.0 Å². The Morgan fingerprint density at radius 2 is 2.06 bits per heavy atom. The normalized spacial score (nSPS) is 24.1. The Balaban J connectivity index is 1.84. The molecule has 1 atom stereocenters. The summed E-state index contributed by atoms with van der Waals surface area (Å²) in [5, 5.41) is 3.49. The van der Waals surface area contributed by atoms with Crippen molar-refractivity contribution in [3.63, 3.8) is 0 Å². The van der Waals surface area contributed by atoms with Gasteiger partial charge in [0.25, 0.3) is 0 Å². The highest BCUT2D eigenvalue weighted by Crippen LogP contribution is 2.26. The van der Waals surface area contributed by atoms with E-state index in [0.717, 1.165) is 32.6 Å². The number of rotatable bonds is 5. The Bertz CT molecular complexity index is 247. The Morgan fingerprint density at radius 3 is 2.59 bits per heavy atom. The predicted octanol–water partition coefficient (Wildman–Crippen LogP) is 1.34. The van der Waals surface area contributed by atoms with Gasteiger partial charge in [-0.15, -0.1) is 0 Å². The maximum absolute atomic E-state index is 11.8. The molecule has 2 rings (SSSR count). The smallest absolute Gasteiger partial charge is 0.310 e. The Kier molecular flexibility index (Phi) is 4.80. The molecule has 0 bridgehead atoms. The van der Waals surface area contributed by atoms with Gasteiger partial charge >= 0.3 is 5.97 Å². The lowest BCUT2D eigenvalue weighted by molar-refractivity contribution is -0.148. The van der Waals surface area contributed by atoms with E-state index < -0.39 is 0 Å². The van der Waals surface area contributed by atoms with Crippen LogP contribution in [0.3, 0.4) is 0 Å². The maximum atomic E-state index is 11.8. The molecule has 0 amide bonds. The molecule has 1 aliphatic carbocycles. The van der Waals surface area contributed by atoms with Crippen LogP contribution >= 0.6 is 0 Å². The second-order valence-corrected chi connectivity index (χ2v) is 5.12. The van der Waals surface area contributed by atoms with Gasteiger partial charge in [0, 0.05) is 25.8 Å². The topological polar surface area (TPSA) is 47.6 Å². The van der Waals surface area contributed by atoms with E-state index in [4.69, 9.17) is 9.47 Å². The molecule has 4 nitrogen and oxygen atoms in total. The largest absolute Gasteiger partial charge is 0.469 e. The first-order chi connectivity index (χ1) is 8.31. The molecule has 0 spiro atoms. The van der Waals surface area contributed by atoms with E-state index in [0.29, 0.717) is 12.0 Å². The molecule has 4 heteroatoms. The van der Waals surface area contributed by atoms with E-state index in [2.05, 4.69) is 5.32 Å². The van der Waals surface area contributed by atoms with Crippen LogP contribution in [0.25, 0.3) is 0 Å². The van der Waals surface area contributed by atoms with Gasteiger partial charge in [-0.1, -0.05) is 6.42 Å². The Morgan fingerprint density at radius 1 is 1.35 bits per heavy atom. The molecule has 2 aliphatic rings. The third-order valence-corrected chi connectivity index (χ3v) is 4.07. The van der Waals surface area contributed by atoms with Gasteiger partial charge in [-0.05, 0) is 31.6 Å². The summed E-state index contributed by atoms with van der Waals surface area (Å²) in [6, 6.07) is 0.627. The fourth-order valence-electron chi connectivity index (χ4n) is 2.62.